The van der Waals surface area contributed by atoms with Crippen molar-refractivity contribution in [2.45, 2.75) is 50.3 Å². The Kier molecular flexibility index (Phi) is 7.21. The summed E-state index contributed by atoms with van der Waals surface area (Å²) in [6, 6.07) is 6.42. The molecule has 6 nitrogen and oxygen atoms in total. The second-order valence-corrected chi connectivity index (χ2v) is 10.8. The zero-order valence-electron chi connectivity index (χ0n) is 19.0. The summed E-state index contributed by atoms with van der Waals surface area (Å²) < 4.78 is 91.9. The number of benzene rings is 2. The number of rotatable bonds is 7. The highest BCUT2D eigenvalue weighted by atomic mass is 32.2. The molecule has 11 heteroatoms. The molecule has 190 valence electrons. The van der Waals surface area contributed by atoms with Crippen molar-refractivity contribution < 1.29 is 35.5 Å². The van der Waals surface area contributed by atoms with Gasteiger partial charge in [0.1, 0.15) is 23.8 Å². The van der Waals surface area contributed by atoms with Gasteiger partial charge in [0.05, 0.1) is 18.3 Å². The zero-order valence-corrected chi connectivity index (χ0v) is 19.8. The molecule has 2 fully saturated rings. The Balaban J connectivity index is 1.73. The van der Waals surface area contributed by atoms with Crippen LogP contribution in [0.1, 0.15) is 25.3 Å². The summed E-state index contributed by atoms with van der Waals surface area (Å²) in [5.74, 6) is -6.20. The monoisotopic (exact) mass is 514 g/mol. The number of likely N-dealkylation sites (tertiary alicyclic amines) is 1. The quantitative estimate of drug-likeness (QED) is 0.574. The van der Waals surface area contributed by atoms with E-state index in [0.717, 1.165) is 4.90 Å². The molecule has 0 bridgehead atoms. The van der Waals surface area contributed by atoms with Gasteiger partial charge in [-0.3, -0.25) is 4.79 Å². The summed E-state index contributed by atoms with van der Waals surface area (Å²) in [5.41, 5.74) is -0.105. The van der Waals surface area contributed by atoms with Crippen molar-refractivity contribution in [1.82, 2.24) is 9.62 Å². The summed E-state index contributed by atoms with van der Waals surface area (Å²) in [5, 5.41) is 0. The Morgan fingerprint density at radius 3 is 2.51 bits per heavy atom. The highest BCUT2D eigenvalue weighted by molar-refractivity contribution is 7.89. The van der Waals surface area contributed by atoms with Crippen molar-refractivity contribution in [3.8, 4) is 11.1 Å². The van der Waals surface area contributed by atoms with E-state index in [-0.39, 0.29) is 16.7 Å². The van der Waals surface area contributed by atoms with Gasteiger partial charge in [0.25, 0.3) is 11.8 Å². The van der Waals surface area contributed by atoms with Crippen LogP contribution in [0.3, 0.4) is 0 Å². The molecule has 2 aromatic rings. The van der Waals surface area contributed by atoms with E-state index in [1.807, 2.05) is 4.72 Å². The Bertz CT molecular complexity index is 1200. The van der Waals surface area contributed by atoms with Crippen LogP contribution in [0, 0.1) is 11.6 Å². The van der Waals surface area contributed by atoms with Crippen LogP contribution < -0.4 is 4.72 Å². The summed E-state index contributed by atoms with van der Waals surface area (Å²) in [7, 11) is -4.08. The molecule has 3 atom stereocenters. The van der Waals surface area contributed by atoms with Gasteiger partial charge in [-0.25, -0.2) is 30.7 Å². The van der Waals surface area contributed by atoms with Crippen molar-refractivity contribution in [1.29, 1.82) is 0 Å². The molecule has 0 radical (unpaired) electrons. The van der Waals surface area contributed by atoms with Crippen LogP contribution in [-0.4, -0.2) is 62.2 Å². The third kappa shape index (κ3) is 5.22. The van der Waals surface area contributed by atoms with Gasteiger partial charge in [0.2, 0.25) is 10.0 Å². The molecule has 2 aromatic carbocycles. The maximum Gasteiger partial charge on any atom is 0.283 e. The molecule has 2 aliphatic heterocycles. The van der Waals surface area contributed by atoms with Crippen LogP contribution in [0.25, 0.3) is 11.1 Å². The van der Waals surface area contributed by atoms with Crippen molar-refractivity contribution in [3.63, 3.8) is 0 Å². The van der Waals surface area contributed by atoms with Crippen molar-refractivity contribution in [2.24, 2.45) is 0 Å². The van der Waals surface area contributed by atoms with Crippen LogP contribution >= 0.6 is 0 Å². The van der Waals surface area contributed by atoms with Crippen molar-refractivity contribution in [2.75, 3.05) is 18.9 Å². The molecule has 0 aromatic heterocycles. The third-order valence-corrected chi connectivity index (χ3v) is 7.84. The van der Waals surface area contributed by atoms with Gasteiger partial charge in [0.15, 0.2) is 0 Å². The fraction of sp³-hybridized carbons (Fsp3) is 0.458. The maximum absolute atomic E-state index is 15.5. The lowest BCUT2D eigenvalue weighted by Gasteiger charge is -2.30. The fourth-order valence-corrected chi connectivity index (χ4v) is 5.51. The molecule has 4 rings (SSSR count). The third-order valence-electron chi connectivity index (χ3n) is 6.47. The van der Waals surface area contributed by atoms with Gasteiger partial charge in [-0.2, -0.15) is 0 Å². The van der Waals surface area contributed by atoms with E-state index in [2.05, 4.69) is 0 Å². The second-order valence-electron chi connectivity index (χ2n) is 8.76. The van der Waals surface area contributed by atoms with Gasteiger partial charge >= 0.3 is 0 Å². The normalized spacial score (nSPS) is 24.1. The van der Waals surface area contributed by atoms with Crippen LogP contribution in [0.2, 0.25) is 0 Å². The topological polar surface area (TPSA) is 75.7 Å². The molecule has 0 aliphatic carbocycles. The maximum atomic E-state index is 15.5. The second kappa shape index (κ2) is 9.87. The summed E-state index contributed by atoms with van der Waals surface area (Å²) >= 11 is 0. The van der Waals surface area contributed by atoms with Crippen LogP contribution in [0.5, 0.6) is 0 Å². The lowest BCUT2D eigenvalue weighted by Crippen LogP contribution is -2.53. The van der Waals surface area contributed by atoms with Gasteiger partial charge < -0.3 is 9.64 Å². The summed E-state index contributed by atoms with van der Waals surface area (Å²) in [6.07, 6.45) is -0.365. The molecule has 0 spiro atoms. The zero-order chi connectivity index (χ0) is 25.4. The summed E-state index contributed by atoms with van der Waals surface area (Å²) in [4.78, 5) is 14.0. The molecular formula is C24H26F4N2O4S. The Hall–Kier alpha value is -2.50. The predicted octanol–water partition coefficient (Wildman–Crippen LogP) is 3.51. The number of hydrogen-bond acceptors (Lipinski definition) is 4. The number of nitrogens with zero attached hydrogens (tertiary/aromatic N) is 1. The number of amides is 1. The fourth-order valence-electron chi connectivity index (χ4n) is 4.62. The van der Waals surface area contributed by atoms with Crippen molar-refractivity contribution in [3.05, 3.63) is 59.7 Å². The standard InChI is InChI=1S/C24H26F4N2O4S/c1-2-35(32,33)29-22-19(30(14-24(22,27)28)23(31)20-11-6-12-34-20)13-15-7-5-9-17(21(15)26)16-8-3-4-10-18(16)25/h3-5,7-10,19-20,22,29H,2,6,11-14H2,1H3/t19-,20+,22+/m0/s1. The lowest BCUT2D eigenvalue weighted by atomic mass is 9.95. The predicted molar refractivity (Wildman–Crippen MR) is 121 cm³/mol. The number of hydrogen-bond donors (Lipinski definition) is 1. The van der Waals surface area contributed by atoms with E-state index < -0.39 is 70.4 Å². The first kappa shape index (κ1) is 25.6. The molecule has 2 aliphatic rings. The number of sulfonamides is 1. The van der Waals surface area contributed by atoms with Gasteiger partial charge in [-0.1, -0.05) is 36.4 Å². The summed E-state index contributed by atoms with van der Waals surface area (Å²) in [6.45, 7) is 0.593. The minimum Gasteiger partial charge on any atom is -0.368 e. The minimum absolute atomic E-state index is 0.000810. The van der Waals surface area contributed by atoms with Gasteiger partial charge in [0, 0.05) is 17.7 Å². The largest absolute Gasteiger partial charge is 0.368 e. The minimum atomic E-state index is -4.08. The Morgan fingerprint density at radius 1 is 1.14 bits per heavy atom. The first-order chi connectivity index (χ1) is 16.5. The highest BCUT2D eigenvalue weighted by Crippen LogP contribution is 2.37. The average molecular weight is 515 g/mol. The molecule has 1 N–H and O–H groups in total. The Morgan fingerprint density at radius 2 is 1.86 bits per heavy atom. The number of carbonyl (C=O) groups excluding carboxylic acids is 1. The van der Waals surface area contributed by atoms with E-state index in [1.54, 1.807) is 6.07 Å². The molecule has 2 heterocycles. The average Bonchev–Trinajstić information content (AvgIpc) is 3.43. The van der Waals surface area contributed by atoms with Crippen LogP contribution in [0.15, 0.2) is 42.5 Å². The van der Waals surface area contributed by atoms with E-state index >= 15 is 13.2 Å². The molecule has 0 saturated carbocycles. The number of alkyl halides is 2. The van der Waals surface area contributed by atoms with E-state index in [9.17, 15) is 17.6 Å². The number of nitrogens with one attached hydrogen (secondary N) is 1. The van der Waals surface area contributed by atoms with Crippen LogP contribution in [-0.2, 0) is 26.0 Å². The number of ether oxygens (including phenoxy) is 1. The molecule has 1 amide bonds. The molecule has 35 heavy (non-hydrogen) atoms. The lowest BCUT2D eigenvalue weighted by molar-refractivity contribution is -0.143. The van der Waals surface area contributed by atoms with Gasteiger partial charge in [-0.05, 0) is 37.8 Å². The highest BCUT2D eigenvalue weighted by Gasteiger charge is 2.57. The first-order valence-corrected chi connectivity index (χ1v) is 13.0. The number of carbonyl (C=O) groups is 1. The van der Waals surface area contributed by atoms with Gasteiger partial charge in [-0.15, -0.1) is 0 Å². The van der Waals surface area contributed by atoms with Crippen molar-refractivity contribution >= 4 is 15.9 Å². The van der Waals surface area contributed by atoms with E-state index in [0.29, 0.717) is 19.4 Å². The molecular weight excluding hydrogens is 488 g/mol. The van der Waals surface area contributed by atoms with E-state index in [1.165, 1.54) is 43.3 Å². The smallest absolute Gasteiger partial charge is 0.283 e. The first-order valence-electron chi connectivity index (χ1n) is 11.4. The van der Waals surface area contributed by atoms with Crippen LogP contribution in [0.4, 0.5) is 17.6 Å². The van der Waals surface area contributed by atoms with E-state index in [4.69, 9.17) is 4.74 Å². The SMILES string of the molecule is CCS(=O)(=O)N[C@@H]1[C@H](Cc2cccc(-c3ccccc3F)c2F)N(C(=O)[C@H]2CCCO2)CC1(F)F. The molecule has 2 saturated heterocycles. The molecule has 0 unspecified atom stereocenters. The number of halogens is 4. The Labute approximate surface area is 201 Å².